The fraction of sp³-hybridized carbons (Fsp3) is 0.286. The van der Waals surface area contributed by atoms with Gasteiger partial charge in [0, 0.05) is 0 Å². The second-order valence-electron chi connectivity index (χ2n) is 2.71. The standard InChI is InChI=1S/C7H4F4N2O4/c8-2-3-6(14)4(13(15)16)1-5(12-3)17-7(9,10)11/h1,14H,2H2. The first-order valence-corrected chi connectivity index (χ1v) is 3.93. The molecule has 1 heterocycles. The van der Waals surface area contributed by atoms with Crippen LogP contribution in [0.2, 0.25) is 0 Å². The Bertz CT molecular complexity index is 448. The molecule has 0 saturated carbocycles. The number of hydrogen-bond acceptors (Lipinski definition) is 5. The first-order valence-electron chi connectivity index (χ1n) is 3.93. The highest BCUT2D eigenvalue weighted by Gasteiger charge is 2.33. The molecule has 1 N–H and O–H groups in total. The Hall–Kier alpha value is -2.13. The van der Waals surface area contributed by atoms with Crippen LogP contribution in [0.4, 0.5) is 23.2 Å². The molecule has 94 valence electrons. The number of aromatic nitrogens is 1. The van der Waals surface area contributed by atoms with Gasteiger partial charge in [-0.3, -0.25) is 10.1 Å². The number of halogens is 4. The largest absolute Gasteiger partial charge is 0.574 e. The summed E-state index contributed by atoms with van der Waals surface area (Å²) in [6, 6.07) is 0.252. The zero-order valence-electron chi connectivity index (χ0n) is 7.86. The molecule has 0 fully saturated rings. The monoisotopic (exact) mass is 256 g/mol. The second-order valence-corrected chi connectivity index (χ2v) is 2.71. The minimum absolute atomic E-state index is 0.252. The molecule has 10 heteroatoms. The molecule has 0 amide bonds. The third-order valence-electron chi connectivity index (χ3n) is 1.56. The summed E-state index contributed by atoms with van der Waals surface area (Å²) in [6.45, 7) is -1.47. The predicted molar refractivity (Wildman–Crippen MR) is 44.1 cm³/mol. The van der Waals surface area contributed by atoms with E-state index in [1.165, 1.54) is 0 Å². The van der Waals surface area contributed by atoms with Crippen LogP contribution in [-0.2, 0) is 6.67 Å². The van der Waals surface area contributed by atoms with Gasteiger partial charge in [0.15, 0.2) is 0 Å². The van der Waals surface area contributed by atoms with Gasteiger partial charge < -0.3 is 9.84 Å². The molecule has 0 radical (unpaired) electrons. The number of pyridine rings is 1. The minimum atomic E-state index is -5.12. The molecule has 0 aliphatic heterocycles. The lowest BCUT2D eigenvalue weighted by molar-refractivity contribution is -0.386. The number of nitrogens with zero attached hydrogens (tertiary/aromatic N) is 2. The predicted octanol–water partition coefficient (Wildman–Crippen LogP) is 2.06. The van der Waals surface area contributed by atoms with Gasteiger partial charge in [-0.15, -0.1) is 13.2 Å². The fourth-order valence-corrected chi connectivity index (χ4v) is 0.955. The van der Waals surface area contributed by atoms with E-state index in [0.717, 1.165) is 0 Å². The van der Waals surface area contributed by atoms with Crippen molar-refractivity contribution in [1.82, 2.24) is 4.98 Å². The molecule has 1 rings (SSSR count). The van der Waals surface area contributed by atoms with Crippen LogP contribution in [0.3, 0.4) is 0 Å². The maximum absolute atomic E-state index is 12.3. The van der Waals surface area contributed by atoms with Crippen molar-refractivity contribution < 1.29 is 32.3 Å². The van der Waals surface area contributed by atoms with Crippen LogP contribution in [0, 0.1) is 10.1 Å². The van der Waals surface area contributed by atoms with Crippen molar-refractivity contribution in [3.05, 3.63) is 21.9 Å². The van der Waals surface area contributed by atoms with Crippen molar-refractivity contribution in [2.75, 3.05) is 0 Å². The summed E-state index contributed by atoms with van der Waals surface area (Å²) in [5, 5.41) is 19.5. The summed E-state index contributed by atoms with van der Waals surface area (Å²) in [5.74, 6) is -2.35. The van der Waals surface area contributed by atoms with E-state index in [2.05, 4.69) is 9.72 Å². The molecule has 17 heavy (non-hydrogen) atoms. The maximum Gasteiger partial charge on any atom is 0.574 e. The van der Waals surface area contributed by atoms with Crippen molar-refractivity contribution in [3.8, 4) is 11.6 Å². The van der Waals surface area contributed by atoms with Crippen LogP contribution in [0.15, 0.2) is 6.07 Å². The molecule has 0 aliphatic rings. The van der Waals surface area contributed by atoms with E-state index in [0.29, 0.717) is 0 Å². The summed E-state index contributed by atoms with van der Waals surface area (Å²) in [6.07, 6.45) is -5.12. The molecular weight excluding hydrogens is 252 g/mol. The first-order chi connectivity index (χ1) is 7.74. The van der Waals surface area contributed by atoms with Crippen molar-refractivity contribution in [3.63, 3.8) is 0 Å². The SMILES string of the molecule is O=[N+]([O-])c1cc(OC(F)(F)F)nc(CF)c1O. The number of aromatic hydroxyl groups is 1. The molecule has 1 aromatic rings. The summed E-state index contributed by atoms with van der Waals surface area (Å²) >= 11 is 0. The lowest BCUT2D eigenvalue weighted by atomic mass is 10.3. The lowest BCUT2D eigenvalue weighted by Gasteiger charge is -2.09. The quantitative estimate of drug-likeness (QED) is 0.508. The fourth-order valence-electron chi connectivity index (χ4n) is 0.955. The van der Waals surface area contributed by atoms with Crippen LogP contribution >= 0.6 is 0 Å². The summed E-state index contributed by atoms with van der Waals surface area (Å²) in [7, 11) is 0. The molecule has 6 nitrogen and oxygen atoms in total. The van der Waals surface area contributed by atoms with Crippen LogP contribution in [0.25, 0.3) is 0 Å². The Kier molecular flexibility index (Phi) is 3.34. The van der Waals surface area contributed by atoms with Gasteiger partial charge >= 0.3 is 12.0 Å². The zero-order chi connectivity index (χ0) is 13.2. The van der Waals surface area contributed by atoms with Crippen molar-refractivity contribution in [2.24, 2.45) is 0 Å². The molecule has 0 aromatic carbocycles. The number of hydrogen-bond donors (Lipinski definition) is 1. The Labute approximate surface area is 90.6 Å². The van der Waals surface area contributed by atoms with E-state index in [4.69, 9.17) is 5.11 Å². The van der Waals surface area contributed by atoms with E-state index in [-0.39, 0.29) is 6.07 Å². The minimum Gasteiger partial charge on any atom is -0.501 e. The molecule has 0 aliphatic carbocycles. The lowest BCUT2D eigenvalue weighted by Crippen LogP contribution is -2.18. The Balaban J connectivity index is 3.25. The van der Waals surface area contributed by atoms with E-state index in [1.54, 1.807) is 0 Å². The highest BCUT2D eigenvalue weighted by atomic mass is 19.4. The van der Waals surface area contributed by atoms with Gasteiger partial charge in [0.25, 0.3) is 0 Å². The van der Waals surface area contributed by atoms with Gasteiger partial charge in [-0.2, -0.15) is 0 Å². The molecule has 0 saturated heterocycles. The molecule has 1 aromatic heterocycles. The van der Waals surface area contributed by atoms with Crippen LogP contribution in [0.1, 0.15) is 5.69 Å². The third-order valence-corrected chi connectivity index (χ3v) is 1.56. The van der Waals surface area contributed by atoms with Gasteiger partial charge in [0.2, 0.25) is 11.6 Å². The molecule has 0 bridgehead atoms. The third kappa shape index (κ3) is 3.16. The van der Waals surface area contributed by atoms with Crippen molar-refractivity contribution >= 4 is 5.69 Å². The van der Waals surface area contributed by atoms with E-state index in [9.17, 15) is 27.7 Å². The normalized spacial score (nSPS) is 11.3. The Morgan fingerprint density at radius 1 is 1.53 bits per heavy atom. The summed E-state index contributed by atoms with van der Waals surface area (Å²) in [4.78, 5) is 12.1. The van der Waals surface area contributed by atoms with Gasteiger partial charge in [-0.1, -0.05) is 0 Å². The second kappa shape index (κ2) is 4.39. The van der Waals surface area contributed by atoms with Crippen molar-refractivity contribution in [1.29, 1.82) is 0 Å². The Morgan fingerprint density at radius 2 is 2.12 bits per heavy atom. The average Bonchev–Trinajstić information content (AvgIpc) is 2.17. The topological polar surface area (TPSA) is 85.5 Å². The summed E-state index contributed by atoms with van der Waals surface area (Å²) in [5.41, 5.74) is -2.02. The highest BCUT2D eigenvalue weighted by Crippen LogP contribution is 2.34. The van der Waals surface area contributed by atoms with E-state index in [1.807, 2.05) is 0 Å². The van der Waals surface area contributed by atoms with Crippen molar-refractivity contribution in [2.45, 2.75) is 13.0 Å². The molecular formula is C7H4F4N2O4. The molecule has 0 atom stereocenters. The Morgan fingerprint density at radius 3 is 2.53 bits per heavy atom. The van der Waals surface area contributed by atoms with Gasteiger partial charge in [0.1, 0.15) is 12.4 Å². The number of ether oxygens (including phenoxy) is 1. The van der Waals surface area contributed by atoms with Crippen LogP contribution in [-0.4, -0.2) is 21.4 Å². The number of nitro groups is 1. The number of alkyl halides is 4. The summed E-state index contributed by atoms with van der Waals surface area (Å²) < 4.78 is 51.0. The number of rotatable bonds is 3. The first kappa shape index (κ1) is 12.9. The zero-order valence-corrected chi connectivity index (χ0v) is 7.86. The van der Waals surface area contributed by atoms with Gasteiger partial charge in [0.05, 0.1) is 11.0 Å². The maximum atomic E-state index is 12.3. The van der Waals surface area contributed by atoms with Gasteiger partial charge in [-0.25, -0.2) is 9.37 Å². The van der Waals surface area contributed by atoms with Crippen LogP contribution < -0.4 is 4.74 Å². The molecule has 0 spiro atoms. The highest BCUT2D eigenvalue weighted by molar-refractivity contribution is 5.50. The van der Waals surface area contributed by atoms with E-state index >= 15 is 0 Å². The smallest absolute Gasteiger partial charge is 0.501 e. The molecule has 0 unspecified atom stereocenters. The van der Waals surface area contributed by atoms with Gasteiger partial charge in [-0.05, 0) is 0 Å². The van der Waals surface area contributed by atoms with Crippen LogP contribution in [0.5, 0.6) is 11.6 Å². The van der Waals surface area contributed by atoms with E-state index < -0.39 is 41.0 Å². The average molecular weight is 256 g/mol.